The Hall–Kier alpha value is -1.89. The van der Waals surface area contributed by atoms with Crippen LogP contribution in [0, 0.1) is 0 Å². The monoisotopic (exact) mass is 293 g/mol. The maximum atomic E-state index is 6.10. The van der Waals surface area contributed by atoms with Crippen molar-refractivity contribution in [2.24, 2.45) is 0 Å². The van der Waals surface area contributed by atoms with Gasteiger partial charge >= 0.3 is 0 Å². The van der Waals surface area contributed by atoms with Crippen LogP contribution in [0.3, 0.4) is 0 Å². The summed E-state index contributed by atoms with van der Waals surface area (Å²) in [6.45, 7) is 1.82. The fourth-order valence-corrected chi connectivity index (χ4v) is 2.79. The fraction of sp³-hybridized carbons (Fsp3) is 0.500. The lowest BCUT2D eigenvalue weighted by Crippen LogP contribution is -2.35. The van der Waals surface area contributed by atoms with Gasteiger partial charge in [-0.15, -0.1) is 5.10 Å². The molecule has 0 atom stereocenters. The van der Waals surface area contributed by atoms with Crippen LogP contribution in [-0.4, -0.2) is 45.1 Å². The number of aromatic nitrogens is 5. The highest BCUT2D eigenvalue weighted by Gasteiger charge is 2.24. The summed E-state index contributed by atoms with van der Waals surface area (Å²) < 4.78 is 1.93. The molecule has 0 spiro atoms. The molecule has 0 saturated carbocycles. The smallest absolute Gasteiger partial charge is 0.157 e. The van der Waals surface area contributed by atoms with Gasteiger partial charge in [0.15, 0.2) is 11.0 Å². The zero-order valence-electron chi connectivity index (χ0n) is 11.2. The summed E-state index contributed by atoms with van der Waals surface area (Å²) >= 11 is 6.10. The average Bonchev–Trinajstić information content (AvgIpc) is 3.01. The topological polar surface area (TPSA) is 71.8 Å². The molecule has 8 heteroatoms. The highest BCUT2D eigenvalue weighted by molar-refractivity contribution is 6.32. The van der Waals surface area contributed by atoms with E-state index in [4.69, 9.17) is 11.6 Å². The van der Waals surface area contributed by atoms with Gasteiger partial charge in [-0.25, -0.2) is 14.6 Å². The summed E-state index contributed by atoms with van der Waals surface area (Å²) in [5, 5.41) is 11.5. The summed E-state index contributed by atoms with van der Waals surface area (Å²) in [4.78, 5) is 10.6. The molecule has 0 aliphatic carbocycles. The van der Waals surface area contributed by atoms with Crippen LogP contribution >= 0.6 is 11.6 Å². The van der Waals surface area contributed by atoms with Gasteiger partial charge in [-0.3, -0.25) is 0 Å². The third-order valence-electron chi connectivity index (χ3n) is 3.61. The van der Waals surface area contributed by atoms with Crippen LogP contribution in [0.4, 0.5) is 11.5 Å². The van der Waals surface area contributed by atoms with E-state index in [0.29, 0.717) is 11.2 Å². The van der Waals surface area contributed by atoms with E-state index in [1.54, 1.807) is 6.20 Å². The van der Waals surface area contributed by atoms with E-state index in [9.17, 15) is 0 Å². The Balaban J connectivity index is 1.74. The van der Waals surface area contributed by atoms with Gasteiger partial charge in [-0.1, -0.05) is 16.8 Å². The van der Waals surface area contributed by atoms with Gasteiger partial charge in [0.05, 0.1) is 12.2 Å². The van der Waals surface area contributed by atoms with Crippen LogP contribution in [0.25, 0.3) is 0 Å². The zero-order valence-corrected chi connectivity index (χ0v) is 12.0. The van der Waals surface area contributed by atoms with Crippen molar-refractivity contribution in [1.29, 1.82) is 0 Å². The van der Waals surface area contributed by atoms with Crippen molar-refractivity contribution in [3.63, 3.8) is 0 Å². The second-order valence-electron chi connectivity index (χ2n) is 4.71. The molecular formula is C12H16ClN7. The maximum absolute atomic E-state index is 6.10. The van der Waals surface area contributed by atoms with E-state index in [1.807, 2.05) is 17.9 Å². The summed E-state index contributed by atoms with van der Waals surface area (Å²) in [5.41, 5.74) is 0.786. The summed E-state index contributed by atoms with van der Waals surface area (Å²) in [6, 6.07) is 0.407. The Bertz CT molecular complexity index is 563. The van der Waals surface area contributed by atoms with Gasteiger partial charge in [0.1, 0.15) is 12.0 Å². The lowest BCUT2D eigenvalue weighted by Gasteiger charge is -2.33. The van der Waals surface area contributed by atoms with Crippen molar-refractivity contribution in [3.05, 3.63) is 23.9 Å². The van der Waals surface area contributed by atoms with Crippen LogP contribution in [0.5, 0.6) is 0 Å². The van der Waals surface area contributed by atoms with Crippen LogP contribution in [0.15, 0.2) is 18.7 Å². The molecule has 1 aliphatic heterocycles. The average molecular weight is 294 g/mol. The van der Waals surface area contributed by atoms with E-state index in [-0.39, 0.29) is 0 Å². The van der Waals surface area contributed by atoms with Gasteiger partial charge in [0.25, 0.3) is 0 Å². The summed E-state index contributed by atoms with van der Waals surface area (Å²) in [5.74, 6) is 0.865. The molecule has 1 aliphatic rings. The first-order chi connectivity index (χ1) is 9.79. The second kappa shape index (κ2) is 5.62. The van der Waals surface area contributed by atoms with Gasteiger partial charge in [-0.05, 0) is 12.8 Å². The lowest BCUT2D eigenvalue weighted by molar-refractivity contribution is 0.359. The fourth-order valence-electron chi connectivity index (χ4n) is 2.56. The molecular weight excluding hydrogens is 278 g/mol. The number of nitrogens with zero attached hydrogens (tertiary/aromatic N) is 6. The Morgan fingerprint density at radius 3 is 2.75 bits per heavy atom. The van der Waals surface area contributed by atoms with Crippen molar-refractivity contribution in [3.8, 4) is 0 Å². The molecule has 20 heavy (non-hydrogen) atoms. The first-order valence-corrected chi connectivity index (χ1v) is 6.96. The molecule has 3 heterocycles. The first-order valence-electron chi connectivity index (χ1n) is 6.58. The minimum atomic E-state index is 0.407. The summed E-state index contributed by atoms with van der Waals surface area (Å²) in [6.07, 6.45) is 7.15. The lowest BCUT2D eigenvalue weighted by atomic mass is 10.1. The number of rotatable bonds is 3. The number of halogens is 1. The van der Waals surface area contributed by atoms with Crippen molar-refractivity contribution in [1.82, 2.24) is 25.0 Å². The number of piperidine rings is 1. The van der Waals surface area contributed by atoms with Crippen molar-refractivity contribution in [2.45, 2.75) is 18.9 Å². The van der Waals surface area contributed by atoms with E-state index >= 15 is 0 Å². The molecule has 0 radical (unpaired) electrons. The van der Waals surface area contributed by atoms with Gasteiger partial charge in [0.2, 0.25) is 0 Å². The van der Waals surface area contributed by atoms with Crippen molar-refractivity contribution in [2.75, 3.05) is 30.4 Å². The molecule has 0 amide bonds. The van der Waals surface area contributed by atoms with Crippen LogP contribution < -0.4 is 10.2 Å². The quantitative estimate of drug-likeness (QED) is 0.867. The zero-order chi connectivity index (χ0) is 13.9. The largest absolute Gasteiger partial charge is 0.383 e. The van der Waals surface area contributed by atoms with Crippen molar-refractivity contribution >= 4 is 23.1 Å². The molecule has 1 saturated heterocycles. The van der Waals surface area contributed by atoms with Gasteiger partial charge < -0.3 is 10.2 Å². The molecule has 0 bridgehead atoms. The number of hydrogen-bond donors (Lipinski definition) is 1. The molecule has 0 unspecified atom stereocenters. The Kier molecular flexibility index (Phi) is 3.68. The minimum Gasteiger partial charge on any atom is -0.383 e. The predicted molar refractivity (Wildman–Crippen MR) is 77.1 cm³/mol. The molecule has 1 fully saturated rings. The maximum Gasteiger partial charge on any atom is 0.157 e. The van der Waals surface area contributed by atoms with Crippen LogP contribution in [-0.2, 0) is 0 Å². The molecule has 2 aromatic rings. The first kappa shape index (κ1) is 13.1. The standard InChI is InChI=1S/C12H16ClN7/c1-14-10-11(13)15-8-16-12(10)19-5-2-9(3-6-19)20-7-4-17-18-20/h4,7-9,14H,2-3,5-6H2,1H3. The Morgan fingerprint density at radius 2 is 2.10 bits per heavy atom. The minimum absolute atomic E-state index is 0.407. The predicted octanol–water partition coefficient (Wildman–Crippen LogP) is 1.60. The molecule has 106 valence electrons. The molecule has 3 rings (SSSR count). The highest BCUT2D eigenvalue weighted by Crippen LogP contribution is 2.32. The van der Waals surface area contributed by atoms with Crippen LogP contribution in [0.2, 0.25) is 5.15 Å². The van der Waals surface area contributed by atoms with E-state index in [0.717, 1.165) is 37.4 Å². The second-order valence-corrected chi connectivity index (χ2v) is 5.07. The SMILES string of the molecule is CNc1c(Cl)ncnc1N1CCC(n2ccnn2)CC1. The van der Waals surface area contributed by atoms with Crippen molar-refractivity contribution < 1.29 is 0 Å². The molecule has 1 N–H and O–H groups in total. The molecule has 2 aromatic heterocycles. The van der Waals surface area contributed by atoms with Crippen LogP contribution in [0.1, 0.15) is 18.9 Å². The molecule has 0 aromatic carbocycles. The van der Waals surface area contributed by atoms with E-state index in [1.165, 1.54) is 6.33 Å². The van der Waals surface area contributed by atoms with Gasteiger partial charge in [-0.2, -0.15) is 0 Å². The summed E-state index contributed by atoms with van der Waals surface area (Å²) in [7, 11) is 1.83. The Morgan fingerprint density at radius 1 is 1.30 bits per heavy atom. The number of anilines is 2. The van der Waals surface area contributed by atoms with E-state index < -0.39 is 0 Å². The molecule has 7 nitrogen and oxygen atoms in total. The highest BCUT2D eigenvalue weighted by atomic mass is 35.5. The Labute approximate surface area is 122 Å². The number of nitrogens with one attached hydrogen (secondary N) is 1. The third-order valence-corrected chi connectivity index (χ3v) is 3.90. The van der Waals surface area contributed by atoms with Gasteiger partial charge in [0, 0.05) is 26.3 Å². The third kappa shape index (κ3) is 2.40. The normalized spacial score (nSPS) is 16.4. The van der Waals surface area contributed by atoms with E-state index in [2.05, 4.69) is 30.5 Å². The number of hydrogen-bond acceptors (Lipinski definition) is 6.